The van der Waals surface area contributed by atoms with Crippen molar-refractivity contribution < 1.29 is 0 Å². The van der Waals surface area contributed by atoms with Gasteiger partial charge >= 0.3 is 0 Å². The van der Waals surface area contributed by atoms with Crippen LogP contribution >= 0.6 is 15.9 Å². The van der Waals surface area contributed by atoms with E-state index < -0.39 is 0 Å². The maximum Gasteiger partial charge on any atom is 0.0320 e. The van der Waals surface area contributed by atoms with Gasteiger partial charge in [0, 0.05) is 36.7 Å². The molecule has 100 valence electrons. The monoisotopic (exact) mass is 311 g/mol. The normalized spacial score (nSPS) is 21.1. The maximum atomic E-state index is 3.55. The van der Waals surface area contributed by atoms with Crippen molar-refractivity contribution in [2.75, 3.05) is 39.8 Å². The Kier molecular flexibility index (Phi) is 5.63. The molecule has 0 radical (unpaired) electrons. The molecule has 1 heterocycles. The fourth-order valence-corrected chi connectivity index (χ4v) is 2.55. The highest BCUT2D eigenvalue weighted by Crippen LogP contribution is 2.10. The Bertz CT molecular complexity index is 353. The van der Waals surface area contributed by atoms with Gasteiger partial charge in [0.2, 0.25) is 0 Å². The Morgan fingerprint density at radius 1 is 1.39 bits per heavy atom. The smallest absolute Gasteiger partial charge is 0.0320 e. The van der Waals surface area contributed by atoms with Crippen molar-refractivity contribution >= 4 is 15.9 Å². The van der Waals surface area contributed by atoms with Crippen LogP contribution < -0.4 is 10.6 Å². The molecule has 1 aliphatic rings. The molecule has 1 aromatic carbocycles. The molecule has 18 heavy (non-hydrogen) atoms. The molecule has 4 heteroatoms. The van der Waals surface area contributed by atoms with Crippen molar-refractivity contribution in [3.8, 4) is 0 Å². The zero-order valence-electron chi connectivity index (χ0n) is 11.0. The van der Waals surface area contributed by atoms with E-state index in [1.54, 1.807) is 0 Å². The summed E-state index contributed by atoms with van der Waals surface area (Å²) in [6.07, 6.45) is 1.09. The molecular formula is C14H22BrN3. The lowest BCUT2D eigenvalue weighted by Gasteiger charge is -2.31. The van der Waals surface area contributed by atoms with Crippen LogP contribution in [0.15, 0.2) is 28.7 Å². The van der Waals surface area contributed by atoms with E-state index in [1.807, 2.05) is 0 Å². The summed E-state index contributed by atoms with van der Waals surface area (Å²) in [5, 5.41) is 7.08. The predicted molar refractivity (Wildman–Crippen MR) is 80.0 cm³/mol. The summed E-state index contributed by atoms with van der Waals surface area (Å²) < 4.78 is 1.15. The number of nitrogens with zero attached hydrogens (tertiary/aromatic N) is 1. The summed E-state index contributed by atoms with van der Waals surface area (Å²) >= 11 is 3.46. The van der Waals surface area contributed by atoms with Crippen molar-refractivity contribution in [1.29, 1.82) is 0 Å². The van der Waals surface area contributed by atoms with Crippen molar-refractivity contribution in [1.82, 2.24) is 15.5 Å². The second-order valence-electron chi connectivity index (χ2n) is 4.99. The Morgan fingerprint density at radius 2 is 2.17 bits per heavy atom. The molecule has 0 aromatic heterocycles. The molecule has 1 fully saturated rings. The van der Waals surface area contributed by atoms with E-state index in [4.69, 9.17) is 0 Å². The topological polar surface area (TPSA) is 27.3 Å². The maximum absolute atomic E-state index is 3.55. The summed E-state index contributed by atoms with van der Waals surface area (Å²) in [4.78, 5) is 2.39. The fraction of sp³-hybridized carbons (Fsp3) is 0.571. The van der Waals surface area contributed by atoms with Crippen LogP contribution in [0.4, 0.5) is 0 Å². The SMILES string of the molecule is CN1CCNC(CNCCc2ccc(Br)cc2)C1. The molecule has 0 bridgehead atoms. The van der Waals surface area contributed by atoms with Crippen molar-refractivity contribution in [3.63, 3.8) is 0 Å². The van der Waals surface area contributed by atoms with Crippen LogP contribution in [0.25, 0.3) is 0 Å². The molecular weight excluding hydrogens is 290 g/mol. The molecule has 0 amide bonds. The largest absolute Gasteiger partial charge is 0.315 e. The highest BCUT2D eigenvalue weighted by atomic mass is 79.9. The predicted octanol–water partition coefficient (Wildman–Crippen LogP) is 1.48. The molecule has 0 saturated carbocycles. The van der Waals surface area contributed by atoms with Crippen LogP contribution in [0.5, 0.6) is 0 Å². The van der Waals surface area contributed by atoms with E-state index in [-0.39, 0.29) is 0 Å². The molecule has 0 spiro atoms. The third-order valence-corrected chi connectivity index (χ3v) is 3.88. The number of hydrogen-bond donors (Lipinski definition) is 2. The number of benzene rings is 1. The zero-order chi connectivity index (χ0) is 12.8. The minimum absolute atomic E-state index is 0.591. The van der Waals surface area contributed by atoms with Gasteiger partial charge in [0.25, 0.3) is 0 Å². The summed E-state index contributed by atoms with van der Waals surface area (Å²) in [7, 11) is 2.19. The van der Waals surface area contributed by atoms with Gasteiger partial charge in [0.15, 0.2) is 0 Å². The second-order valence-corrected chi connectivity index (χ2v) is 5.91. The fourth-order valence-electron chi connectivity index (χ4n) is 2.29. The standard InChI is InChI=1S/C14H22BrN3/c1-18-9-8-17-14(11-18)10-16-7-6-12-2-4-13(15)5-3-12/h2-5,14,16-17H,6-11H2,1H3. The van der Waals surface area contributed by atoms with E-state index in [1.165, 1.54) is 5.56 Å². The van der Waals surface area contributed by atoms with Crippen molar-refractivity contribution in [2.24, 2.45) is 0 Å². The zero-order valence-corrected chi connectivity index (χ0v) is 12.5. The van der Waals surface area contributed by atoms with Gasteiger partial charge < -0.3 is 15.5 Å². The Hall–Kier alpha value is -0.420. The Labute approximate surface area is 118 Å². The van der Waals surface area contributed by atoms with Gasteiger partial charge in [0.05, 0.1) is 0 Å². The lowest BCUT2D eigenvalue weighted by Crippen LogP contribution is -2.53. The third-order valence-electron chi connectivity index (χ3n) is 3.35. The van der Waals surface area contributed by atoms with Gasteiger partial charge in [-0.2, -0.15) is 0 Å². The van der Waals surface area contributed by atoms with Gasteiger partial charge in [0.1, 0.15) is 0 Å². The average Bonchev–Trinajstić information content (AvgIpc) is 2.37. The van der Waals surface area contributed by atoms with Gasteiger partial charge in [-0.25, -0.2) is 0 Å². The highest BCUT2D eigenvalue weighted by molar-refractivity contribution is 9.10. The summed E-state index contributed by atoms with van der Waals surface area (Å²) in [5.41, 5.74) is 1.39. The van der Waals surface area contributed by atoms with Crippen LogP contribution in [0.2, 0.25) is 0 Å². The minimum Gasteiger partial charge on any atom is -0.315 e. The molecule has 0 aliphatic carbocycles. The first-order valence-electron chi connectivity index (χ1n) is 6.61. The van der Waals surface area contributed by atoms with Crippen molar-refractivity contribution in [2.45, 2.75) is 12.5 Å². The van der Waals surface area contributed by atoms with E-state index in [9.17, 15) is 0 Å². The molecule has 2 rings (SSSR count). The van der Waals surface area contributed by atoms with Gasteiger partial charge in [-0.05, 0) is 37.7 Å². The number of hydrogen-bond acceptors (Lipinski definition) is 3. The number of likely N-dealkylation sites (N-methyl/N-ethyl adjacent to an activating group) is 1. The lowest BCUT2D eigenvalue weighted by atomic mass is 10.1. The van der Waals surface area contributed by atoms with Crippen LogP contribution in [0.3, 0.4) is 0 Å². The first kappa shape index (κ1) is 14.0. The van der Waals surface area contributed by atoms with Crippen LogP contribution in [-0.4, -0.2) is 50.7 Å². The Morgan fingerprint density at radius 3 is 2.89 bits per heavy atom. The van der Waals surface area contributed by atoms with Gasteiger partial charge in [-0.15, -0.1) is 0 Å². The summed E-state index contributed by atoms with van der Waals surface area (Å²) in [6.45, 7) is 5.51. The second kappa shape index (κ2) is 7.24. The van der Waals surface area contributed by atoms with Gasteiger partial charge in [-0.1, -0.05) is 28.1 Å². The average molecular weight is 312 g/mol. The van der Waals surface area contributed by atoms with E-state index in [0.29, 0.717) is 6.04 Å². The minimum atomic E-state index is 0.591. The number of halogens is 1. The van der Waals surface area contributed by atoms with E-state index >= 15 is 0 Å². The van der Waals surface area contributed by atoms with Crippen molar-refractivity contribution in [3.05, 3.63) is 34.3 Å². The molecule has 1 aromatic rings. The summed E-state index contributed by atoms with van der Waals surface area (Å²) in [6, 6.07) is 9.16. The first-order chi connectivity index (χ1) is 8.74. The van der Waals surface area contributed by atoms with Crippen LogP contribution in [-0.2, 0) is 6.42 Å². The van der Waals surface area contributed by atoms with Crippen LogP contribution in [0, 0.1) is 0 Å². The molecule has 1 atom stereocenters. The first-order valence-corrected chi connectivity index (χ1v) is 7.40. The highest BCUT2D eigenvalue weighted by Gasteiger charge is 2.15. The third kappa shape index (κ3) is 4.69. The van der Waals surface area contributed by atoms with Gasteiger partial charge in [-0.3, -0.25) is 0 Å². The summed E-state index contributed by atoms with van der Waals surface area (Å²) in [5.74, 6) is 0. The number of piperazine rings is 1. The molecule has 1 unspecified atom stereocenters. The number of rotatable bonds is 5. The quantitative estimate of drug-likeness (QED) is 0.807. The van der Waals surface area contributed by atoms with E-state index in [2.05, 4.69) is 62.8 Å². The lowest BCUT2D eigenvalue weighted by molar-refractivity contribution is 0.235. The molecule has 3 nitrogen and oxygen atoms in total. The molecule has 2 N–H and O–H groups in total. The van der Waals surface area contributed by atoms with E-state index in [0.717, 1.165) is 43.6 Å². The molecule has 1 aliphatic heterocycles. The van der Waals surface area contributed by atoms with Crippen LogP contribution in [0.1, 0.15) is 5.56 Å². The Balaban J connectivity index is 1.62. The molecule has 1 saturated heterocycles. The number of nitrogens with one attached hydrogen (secondary N) is 2.